The van der Waals surface area contributed by atoms with Crippen LogP contribution in [0.15, 0.2) is 97.3 Å². The van der Waals surface area contributed by atoms with Crippen molar-refractivity contribution in [2.24, 2.45) is 5.92 Å². The maximum Gasteiger partial charge on any atom is 0.228 e. The van der Waals surface area contributed by atoms with Gasteiger partial charge >= 0.3 is 0 Å². The third-order valence-electron chi connectivity index (χ3n) is 8.20. The highest BCUT2D eigenvalue weighted by Crippen LogP contribution is 2.29. The lowest BCUT2D eigenvalue weighted by atomic mass is 9.87. The maximum atomic E-state index is 14.2. The van der Waals surface area contributed by atoms with Gasteiger partial charge < -0.3 is 20.1 Å². The summed E-state index contributed by atoms with van der Waals surface area (Å²) < 4.78 is 39.2. The number of nitrogens with zero attached hydrogens (tertiary/aromatic N) is 3. The van der Waals surface area contributed by atoms with Crippen LogP contribution in [0.5, 0.6) is 5.75 Å². The van der Waals surface area contributed by atoms with Crippen LogP contribution in [-0.4, -0.2) is 39.9 Å². The summed E-state index contributed by atoms with van der Waals surface area (Å²) >= 11 is 0. The Hall–Kier alpha value is -5.55. The van der Waals surface area contributed by atoms with E-state index in [1.165, 1.54) is 36.5 Å². The van der Waals surface area contributed by atoms with Crippen molar-refractivity contribution in [1.29, 1.82) is 0 Å². The first-order valence-corrected chi connectivity index (χ1v) is 15.6. The van der Waals surface area contributed by atoms with Gasteiger partial charge in [0.15, 0.2) is 5.78 Å². The Labute approximate surface area is 276 Å². The number of pyridine rings is 3. The molecule has 11 heteroatoms. The van der Waals surface area contributed by atoms with Crippen LogP contribution in [0.3, 0.4) is 0 Å². The highest BCUT2D eigenvalue weighted by atomic mass is 19.1. The first-order chi connectivity index (χ1) is 23.3. The average molecular weight is 650 g/mol. The van der Waals surface area contributed by atoms with E-state index in [1.807, 2.05) is 18.2 Å². The van der Waals surface area contributed by atoms with E-state index in [4.69, 9.17) is 14.5 Å². The van der Waals surface area contributed by atoms with Crippen LogP contribution in [0.4, 0.5) is 26.1 Å². The van der Waals surface area contributed by atoms with Gasteiger partial charge in [-0.1, -0.05) is 12.1 Å². The number of ketones is 1. The minimum absolute atomic E-state index is 0.0314. The molecule has 244 valence electrons. The molecule has 0 bridgehead atoms. The molecule has 0 atom stereocenters. The van der Waals surface area contributed by atoms with Gasteiger partial charge in [0, 0.05) is 36.7 Å². The number of rotatable bonds is 11. The van der Waals surface area contributed by atoms with Crippen LogP contribution < -0.4 is 15.4 Å². The Kier molecular flexibility index (Phi) is 10.1. The van der Waals surface area contributed by atoms with Crippen LogP contribution in [0.2, 0.25) is 0 Å². The Morgan fingerprint density at radius 3 is 2.40 bits per heavy atom. The topological polar surface area (TPSA) is 115 Å². The van der Waals surface area contributed by atoms with Gasteiger partial charge in [-0.3, -0.25) is 9.59 Å². The Morgan fingerprint density at radius 1 is 0.833 bits per heavy atom. The van der Waals surface area contributed by atoms with Gasteiger partial charge in [-0.15, -0.1) is 0 Å². The smallest absolute Gasteiger partial charge is 0.228 e. The van der Waals surface area contributed by atoms with Crippen molar-refractivity contribution in [2.75, 3.05) is 17.7 Å². The summed E-state index contributed by atoms with van der Waals surface area (Å²) in [4.78, 5) is 38.6. The molecule has 5 aromatic rings. The predicted octanol–water partition coefficient (Wildman–Crippen LogP) is 7.51. The van der Waals surface area contributed by atoms with Crippen molar-refractivity contribution < 1.29 is 27.8 Å². The molecule has 0 radical (unpaired) electrons. The molecule has 1 saturated carbocycles. The van der Waals surface area contributed by atoms with Gasteiger partial charge in [0.2, 0.25) is 11.9 Å². The fourth-order valence-corrected chi connectivity index (χ4v) is 5.64. The highest BCUT2D eigenvalue weighted by molar-refractivity contribution is 6.09. The van der Waals surface area contributed by atoms with E-state index in [-0.39, 0.29) is 41.5 Å². The SMILES string of the molecule is COC1CCC(C(=O)Nc2cc(-c3cc(COc4cccc(C(=O)c5cccnc5F)c4)nc(Nc4ccc(F)cc4)c3)ccn2)CC1. The molecule has 48 heavy (non-hydrogen) atoms. The molecular weight excluding hydrogens is 616 g/mol. The number of hydrogen-bond donors (Lipinski definition) is 2. The summed E-state index contributed by atoms with van der Waals surface area (Å²) in [5, 5.41) is 6.18. The van der Waals surface area contributed by atoms with E-state index in [9.17, 15) is 18.4 Å². The molecule has 0 spiro atoms. The molecule has 1 fully saturated rings. The van der Waals surface area contributed by atoms with E-state index in [0.717, 1.165) is 36.8 Å². The fourth-order valence-electron chi connectivity index (χ4n) is 5.64. The zero-order valence-corrected chi connectivity index (χ0v) is 26.2. The average Bonchev–Trinajstić information content (AvgIpc) is 3.12. The van der Waals surface area contributed by atoms with E-state index < -0.39 is 11.7 Å². The molecule has 1 aliphatic rings. The van der Waals surface area contributed by atoms with Crippen molar-refractivity contribution >= 4 is 29.0 Å². The summed E-state index contributed by atoms with van der Waals surface area (Å²) in [5.74, 6) is -0.588. The minimum atomic E-state index is -0.843. The number of carbonyl (C=O) groups excluding carboxylic acids is 2. The van der Waals surface area contributed by atoms with Crippen LogP contribution in [0.25, 0.3) is 11.1 Å². The maximum absolute atomic E-state index is 14.2. The molecule has 2 aromatic carbocycles. The zero-order valence-electron chi connectivity index (χ0n) is 26.2. The number of benzene rings is 2. The molecule has 3 aromatic heterocycles. The van der Waals surface area contributed by atoms with Crippen molar-refractivity contribution in [3.8, 4) is 16.9 Å². The lowest BCUT2D eigenvalue weighted by Crippen LogP contribution is -2.29. The second-order valence-corrected chi connectivity index (χ2v) is 11.5. The lowest BCUT2D eigenvalue weighted by Gasteiger charge is -2.26. The molecule has 2 N–H and O–H groups in total. The van der Waals surface area contributed by atoms with E-state index in [1.54, 1.807) is 49.7 Å². The fraction of sp³-hybridized carbons (Fsp3) is 0.216. The minimum Gasteiger partial charge on any atom is -0.487 e. The number of carbonyl (C=O) groups is 2. The van der Waals surface area contributed by atoms with Gasteiger partial charge in [-0.05, 0) is 110 Å². The Bertz CT molecular complexity index is 1910. The number of nitrogens with one attached hydrogen (secondary N) is 2. The summed E-state index contributed by atoms with van der Waals surface area (Å²) in [6, 6.07) is 22.6. The van der Waals surface area contributed by atoms with Gasteiger partial charge in [0.1, 0.15) is 29.8 Å². The second kappa shape index (κ2) is 14.9. The standard InChI is InChI=1S/C37H33F2N5O4/c1-47-30-13-7-23(8-14-30)37(46)44-33-20-24(15-17-40-33)26-18-29(43-34(21-26)42-28-11-9-27(38)10-12-28)22-48-31-5-2-4-25(19-31)35(45)32-6-3-16-41-36(32)39/h2-6,9-12,15-21,23,30H,7-8,13-14,22H2,1H3,(H,42,43)(H,40,44,46). The largest absolute Gasteiger partial charge is 0.487 e. The third kappa shape index (κ3) is 8.05. The number of halogens is 2. The highest BCUT2D eigenvalue weighted by Gasteiger charge is 2.26. The first kappa shape index (κ1) is 32.4. The molecule has 0 aliphatic heterocycles. The number of methoxy groups -OCH3 is 1. The monoisotopic (exact) mass is 649 g/mol. The number of anilines is 3. The molecule has 3 heterocycles. The zero-order chi connectivity index (χ0) is 33.5. The van der Waals surface area contributed by atoms with Gasteiger partial charge in [0.05, 0.1) is 17.4 Å². The van der Waals surface area contributed by atoms with E-state index in [2.05, 4.69) is 20.6 Å². The van der Waals surface area contributed by atoms with Crippen LogP contribution >= 0.6 is 0 Å². The number of amides is 1. The summed E-state index contributed by atoms with van der Waals surface area (Å²) in [6.07, 6.45) is 6.31. The second-order valence-electron chi connectivity index (χ2n) is 11.5. The summed E-state index contributed by atoms with van der Waals surface area (Å²) in [6.45, 7) is 0.0314. The van der Waals surface area contributed by atoms with E-state index >= 15 is 0 Å². The predicted molar refractivity (Wildman–Crippen MR) is 177 cm³/mol. The summed E-state index contributed by atoms with van der Waals surface area (Å²) in [5.41, 5.74) is 2.84. The Morgan fingerprint density at radius 2 is 1.62 bits per heavy atom. The molecule has 1 amide bonds. The van der Waals surface area contributed by atoms with Crippen molar-refractivity contribution in [1.82, 2.24) is 15.0 Å². The lowest BCUT2D eigenvalue weighted by molar-refractivity contribution is -0.121. The van der Waals surface area contributed by atoms with Gasteiger partial charge in [-0.25, -0.2) is 19.3 Å². The van der Waals surface area contributed by atoms with Crippen LogP contribution in [-0.2, 0) is 16.1 Å². The van der Waals surface area contributed by atoms with Gasteiger partial charge in [-0.2, -0.15) is 4.39 Å². The van der Waals surface area contributed by atoms with Crippen LogP contribution in [0.1, 0.15) is 47.3 Å². The molecule has 0 unspecified atom stereocenters. The number of aromatic nitrogens is 3. The van der Waals surface area contributed by atoms with Crippen molar-refractivity contribution in [3.05, 3.63) is 126 Å². The first-order valence-electron chi connectivity index (χ1n) is 15.6. The normalized spacial score (nSPS) is 15.8. The third-order valence-corrected chi connectivity index (χ3v) is 8.20. The van der Waals surface area contributed by atoms with Crippen molar-refractivity contribution in [3.63, 3.8) is 0 Å². The molecule has 0 saturated heterocycles. The summed E-state index contributed by atoms with van der Waals surface area (Å²) in [7, 11) is 1.70. The van der Waals surface area contributed by atoms with Crippen molar-refractivity contribution in [2.45, 2.75) is 38.4 Å². The molecule has 6 rings (SSSR count). The molecule has 1 aliphatic carbocycles. The quantitative estimate of drug-likeness (QED) is 0.112. The van der Waals surface area contributed by atoms with Gasteiger partial charge in [0.25, 0.3) is 0 Å². The van der Waals surface area contributed by atoms with Crippen LogP contribution in [0, 0.1) is 17.7 Å². The Balaban J connectivity index is 1.23. The molecule has 9 nitrogen and oxygen atoms in total. The number of hydrogen-bond acceptors (Lipinski definition) is 8. The molecular formula is C37H33F2N5O4. The van der Waals surface area contributed by atoms with E-state index in [0.29, 0.717) is 28.8 Å². The number of ether oxygens (including phenoxy) is 2.